The highest BCUT2D eigenvalue weighted by Crippen LogP contribution is 2.36. The Labute approximate surface area is 201 Å². The van der Waals surface area contributed by atoms with E-state index in [4.69, 9.17) is 0 Å². The molecule has 0 saturated carbocycles. The second-order valence-electron chi connectivity index (χ2n) is 8.29. The minimum absolute atomic E-state index is 0.220. The summed E-state index contributed by atoms with van der Waals surface area (Å²) in [6.45, 7) is 4.19. The number of fused-ring (bicyclic) bond motifs is 1. The number of amides is 3. The summed E-state index contributed by atoms with van der Waals surface area (Å²) in [5, 5.41) is 8.11. The molecule has 0 spiro atoms. The van der Waals surface area contributed by atoms with E-state index < -0.39 is 11.8 Å². The third kappa shape index (κ3) is 4.35. The van der Waals surface area contributed by atoms with E-state index >= 15 is 4.39 Å². The van der Waals surface area contributed by atoms with Crippen LogP contribution in [0.15, 0.2) is 54.9 Å². The number of aromatic nitrogens is 3. The molecule has 0 atom stereocenters. The Kier molecular flexibility index (Phi) is 5.74. The molecule has 176 valence electrons. The SMILES string of the molecule is CCc1ccnc(NC(=O)Nc2ccc(-c3ccc(-c4ncc(C)[nH]4)c4c3CNC4=O)c(F)c2)c1. The van der Waals surface area contributed by atoms with Crippen molar-refractivity contribution in [3.05, 3.63) is 83.1 Å². The third-order valence-electron chi connectivity index (χ3n) is 5.91. The lowest BCUT2D eigenvalue weighted by Crippen LogP contribution is -2.20. The van der Waals surface area contributed by atoms with Crippen LogP contribution in [0.25, 0.3) is 22.5 Å². The largest absolute Gasteiger partial charge is 0.348 e. The van der Waals surface area contributed by atoms with E-state index in [1.165, 1.54) is 6.07 Å². The molecule has 2 aromatic heterocycles. The third-order valence-corrected chi connectivity index (χ3v) is 5.91. The summed E-state index contributed by atoms with van der Waals surface area (Å²) in [4.78, 5) is 36.6. The molecular formula is C26H23FN6O2. The summed E-state index contributed by atoms with van der Waals surface area (Å²) in [7, 11) is 0. The molecule has 0 saturated heterocycles. The van der Waals surface area contributed by atoms with Gasteiger partial charge < -0.3 is 15.6 Å². The van der Waals surface area contributed by atoms with E-state index in [-0.39, 0.29) is 5.91 Å². The molecule has 9 heteroatoms. The maximum Gasteiger partial charge on any atom is 0.324 e. The van der Waals surface area contributed by atoms with Crippen LogP contribution < -0.4 is 16.0 Å². The Morgan fingerprint density at radius 3 is 2.60 bits per heavy atom. The molecule has 1 aliphatic heterocycles. The van der Waals surface area contributed by atoms with Crippen LogP contribution in [0.3, 0.4) is 0 Å². The predicted molar refractivity (Wildman–Crippen MR) is 132 cm³/mol. The summed E-state index contributed by atoms with van der Waals surface area (Å²) in [5.41, 5.74) is 5.03. The van der Waals surface area contributed by atoms with Gasteiger partial charge in [0.2, 0.25) is 0 Å². The topological polar surface area (TPSA) is 112 Å². The maximum absolute atomic E-state index is 15.2. The molecule has 0 fully saturated rings. The van der Waals surface area contributed by atoms with Gasteiger partial charge in [0.15, 0.2) is 0 Å². The van der Waals surface area contributed by atoms with Gasteiger partial charge in [-0.25, -0.2) is 19.2 Å². The zero-order chi connectivity index (χ0) is 24.5. The number of H-pyrrole nitrogens is 1. The Morgan fingerprint density at radius 1 is 1.06 bits per heavy atom. The lowest BCUT2D eigenvalue weighted by atomic mass is 9.92. The number of nitrogens with one attached hydrogen (secondary N) is 4. The van der Waals surface area contributed by atoms with Crippen molar-refractivity contribution in [2.24, 2.45) is 0 Å². The van der Waals surface area contributed by atoms with Crippen molar-refractivity contribution in [3.63, 3.8) is 0 Å². The molecule has 35 heavy (non-hydrogen) atoms. The number of halogens is 1. The highest BCUT2D eigenvalue weighted by molar-refractivity contribution is 6.06. The summed E-state index contributed by atoms with van der Waals surface area (Å²) in [5.74, 6) is 0.268. The van der Waals surface area contributed by atoms with Gasteiger partial charge in [-0.2, -0.15) is 0 Å². The number of aromatic amines is 1. The molecule has 1 aliphatic rings. The number of anilines is 2. The van der Waals surface area contributed by atoms with Crippen molar-refractivity contribution in [2.45, 2.75) is 26.8 Å². The van der Waals surface area contributed by atoms with Crippen LogP contribution in [0.5, 0.6) is 0 Å². The zero-order valence-corrected chi connectivity index (χ0v) is 19.2. The number of hydrogen-bond donors (Lipinski definition) is 4. The Hall–Kier alpha value is -4.53. The number of pyridine rings is 1. The number of rotatable bonds is 5. The van der Waals surface area contributed by atoms with Crippen LogP contribution in [0.2, 0.25) is 0 Å². The van der Waals surface area contributed by atoms with Crippen LogP contribution >= 0.6 is 0 Å². The molecule has 3 heterocycles. The number of carbonyl (C=O) groups is 2. The smallest absolute Gasteiger partial charge is 0.324 e. The molecule has 0 unspecified atom stereocenters. The first-order valence-corrected chi connectivity index (χ1v) is 11.2. The Morgan fingerprint density at radius 2 is 1.86 bits per heavy atom. The van der Waals surface area contributed by atoms with Crippen molar-refractivity contribution < 1.29 is 14.0 Å². The molecule has 0 radical (unpaired) electrons. The molecule has 3 amide bonds. The van der Waals surface area contributed by atoms with Gasteiger partial charge in [0.25, 0.3) is 5.91 Å². The van der Waals surface area contributed by atoms with Gasteiger partial charge in [-0.3, -0.25) is 10.1 Å². The number of benzene rings is 2. The fraction of sp³-hybridized carbons (Fsp3) is 0.154. The van der Waals surface area contributed by atoms with Crippen LogP contribution in [0.4, 0.5) is 20.7 Å². The molecule has 8 nitrogen and oxygen atoms in total. The molecule has 5 rings (SSSR count). The molecule has 2 aromatic carbocycles. The molecule has 0 aliphatic carbocycles. The standard InChI is InChI=1S/C26H23FN6O2/c1-3-15-8-9-28-22(10-15)33-26(35)32-16-4-5-18(21(27)11-16)17-6-7-19(24-29-12-14(2)31-24)23-20(17)13-30-25(23)34/h4-12H,3,13H2,1-2H3,(H,29,31)(H,30,34)(H2,28,32,33,35). The Bertz CT molecular complexity index is 1460. The van der Waals surface area contributed by atoms with Crippen molar-refractivity contribution in [1.29, 1.82) is 0 Å². The molecule has 4 aromatic rings. The van der Waals surface area contributed by atoms with Gasteiger partial charge >= 0.3 is 6.03 Å². The average molecular weight is 471 g/mol. The van der Waals surface area contributed by atoms with Crippen LogP contribution in [-0.2, 0) is 13.0 Å². The summed E-state index contributed by atoms with van der Waals surface area (Å²) >= 11 is 0. The number of urea groups is 1. The lowest BCUT2D eigenvalue weighted by Gasteiger charge is -2.13. The van der Waals surface area contributed by atoms with Gasteiger partial charge in [-0.05, 0) is 66.4 Å². The van der Waals surface area contributed by atoms with Crippen molar-refractivity contribution in [3.8, 4) is 22.5 Å². The summed E-state index contributed by atoms with van der Waals surface area (Å²) < 4.78 is 15.2. The zero-order valence-electron chi connectivity index (χ0n) is 19.2. The predicted octanol–water partition coefficient (Wildman–Crippen LogP) is 5.04. The van der Waals surface area contributed by atoms with E-state index in [0.29, 0.717) is 51.7 Å². The van der Waals surface area contributed by atoms with E-state index in [1.54, 1.807) is 42.7 Å². The van der Waals surface area contributed by atoms with Crippen molar-refractivity contribution >= 4 is 23.4 Å². The number of aryl methyl sites for hydroxylation is 2. The van der Waals surface area contributed by atoms with Gasteiger partial charge in [0.1, 0.15) is 17.5 Å². The summed E-state index contributed by atoms with van der Waals surface area (Å²) in [6.07, 6.45) is 4.14. The first-order chi connectivity index (χ1) is 16.9. The highest BCUT2D eigenvalue weighted by atomic mass is 19.1. The first kappa shape index (κ1) is 22.3. The fourth-order valence-corrected chi connectivity index (χ4v) is 4.20. The molecule has 4 N–H and O–H groups in total. The number of hydrogen-bond acceptors (Lipinski definition) is 4. The van der Waals surface area contributed by atoms with E-state index in [2.05, 4.69) is 30.9 Å². The van der Waals surface area contributed by atoms with Crippen molar-refractivity contribution in [2.75, 3.05) is 10.6 Å². The van der Waals surface area contributed by atoms with Gasteiger partial charge in [0, 0.05) is 41.4 Å². The average Bonchev–Trinajstić information content (AvgIpc) is 3.45. The van der Waals surface area contributed by atoms with Crippen LogP contribution in [-0.4, -0.2) is 26.9 Å². The number of imidazole rings is 1. The molecule has 0 bridgehead atoms. The monoisotopic (exact) mass is 470 g/mol. The normalized spacial score (nSPS) is 12.3. The fourth-order valence-electron chi connectivity index (χ4n) is 4.20. The second-order valence-corrected chi connectivity index (χ2v) is 8.29. The number of carbonyl (C=O) groups excluding carboxylic acids is 2. The minimum atomic E-state index is -0.522. The van der Waals surface area contributed by atoms with Gasteiger partial charge in [0.05, 0.1) is 5.56 Å². The second kappa shape index (κ2) is 9.02. The first-order valence-electron chi connectivity index (χ1n) is 11.2. The van der Waals surface area contributed by atoms with Gasteiger partial charge in [-0.15, -0.1) is 0 Å². The number of nitrogens with zero attached hydrogens (tertiary/aromatic N) is 2. The van der Waals surface area contributed by atoms with Gasteiger partial charge in [-0.1, -0.05) is 13.0 Å². The quantitative estimate of drug-likeness (QED) is 0.328. The van der Waals surface area contributed by atoms with E-state index in [9.17, 15) is 9.59 Å². The van der Waals surface area contributed by atoms with E-state index in [1.807, 2.05) is 19.9 Å². The summed E-state index contributed by atoms with van der Waals surface area (Å²) in [6, 6.07) is 11.2. The van der Waals surface area contributed by atoms with Crippen molar-refractivity contribution in [1.82, 2.24) is 20.3 Å². The minimum Gasteiger partial charge on any atom is -0.348 e. The van der Waals surface area contributed by atoms with E-state index in [0.717, 1.165) is 17.7 Å². The molecular weight excluding hydrogens is 447 g/mol. The highest BCUT2D eigenvalue weighted by Gasteiger charge is 2.28. The van der Waals surface area contributed by atoms with Crippen LogP contribution in [0.1, 0.15) is 34.1 Å². The maximum atomic E-state index is 15.2. The van der Waals surface area contributed by atoms with Crippen LogP contribution in [0, 0.1) is 12.7 Å². The Balaban J connectivity index is 1.41. The lowest BCUT2D eigenvalue weighted by molar-refractivity contribution is 0.0966.